The molecule has 1 aliphatic rings. The van der Waals surface area contributed by atoms with E-state index in [-0.39, 0.29) is 0 Å². The molecule has 0 bridgehead atoms. The number of methoxy groups -OCH3 is 1. The molecule has 0 fully saturated rings. The first-order valence-corrected chi connectivity index (χ1v) is 7.77. The van der Waals surface area contributed by atoms with Gasteiger partial charge in [-0.25, -0.2) is 0 Å². The summed E-state index contributed by atoms with van der Waals surface area (Å²) in [5, 5.41) is 3.83. The van der Waals surface area contributed by atoms with Crippen molar-refractivity contribution in [2.75, 3.05) is 7.11 Å². The molecule has 1 N–H and O–H groups in total. The van der Waals surface area contributed by atoms with E-state index in [9.17, 15) is 0 Å². The molecule has 0 aliphatic heterocycles. The Kier molecular flexibility index (Phi) is 4.26. The Balaban J connectivity index is 1.68. The Hall–Kier alpha value is -1.80. The molecule has 1 unspecified atom stereocenters. The lowest BCUT2D eigenvalue weighted by Gasteiger charge is -2.22. The summed E-state index contributed by atoms with van der Waals surface area (Å²) in [6.07, 6.45) is 3.38. The number of hydrogen-bond acceptors (Lipinski definition) is 2. The Morgan fingerprint density at radius 3 is 2.19 bits per heavy atom. The second-order valence-corrected chi connectivity index (χ2v) is 5.77. The summed E-state index contributed by atoms with van der Waals surface area (Å²) >= 11 is 0. The van der Waals surface area contributed by atoms with Gasteiger partial charge in [0.05, 0.1) is 7.11 Å². The fourth-order valence-electron chi connectivity index (χ4n) is 3.25. The molecule has 0 heterocycles. The Morgan fingerprint density at radius 1 is 1.05 bits per heavy atom. The highest BCUT2D eigenvalue weighted by atomic mass is 16.5. The van der Waals surface area contributed by atoms with Crippen LogP contribution in [0.3, 0.4) is 0 Å². The van der Waals surface area contributed by atoms with E-state index in [4.69, 9.17) is 4.74 Å². The van der Waals surface area contributed by atoms with Crippen LogP contribution in [0, 0.1) is 0 Å². The highest BCUT2D eigenvalue weighted by Gasteiger charge is 2.23. The summed E-state index contributed by atoms with van der Waals surface area (Å²) in [7, 11) is 1.71. The molecule has 2 nitrogen and oxygen atoms in total. The number of nitrogens with one attached hydrogen (secondary N) is 1. The molecule has 1 atom stereocenters. The molecule has 1 aliphatic carbocycles. The first-order valence-electron chi connectivity index (χ1n) is 7.77. The predicted molar refractivity (Wildman–Crippen MR) is 86.8 cm³/mol. The standard InChI is InChI=1S/C19H23NO/c1-3-19(14-8-10-18(21-2)11-9-14)20-17-12-15-6-4-5-7-16(15)13-17/h4-11,17,19-20H,3,12-13H2,1-2H3. The van der Waals surface area contributed by atoms with Crippen molar-refractivity contribution in [1.29, 1.82) is 0 Å². The van der Waals surface area contributed by atoms with Crippen molar-refractivity contribution in [3.8, 4) is 5.75 Å². The molecule has 0 radical (unpaired) electrons. The zero-order valence-corrected chi connectivity index (χ0v) is 12.8. The number of hydrogen-bond donors (Lipinski definition) is 1. The van der Waals surface area contributed by atoms with E-state index in [0.29, 0.717) is 12.1 Å². The number of rotatable bonds is 5. The molecule has 2 heteroatoms. The number of fused-ring (bicyclic) bond motifs is 1. The summed E-state index contributed by atoms with van der Waals surface area (Å²) < 4.78 is 5.24. The average Bonchev–Trinajstić information content (AvgIpc) is 2.95. The van der Waals surface area contributed by atoms with Crippen LogP contribution in [0.4, 0.5) is 0 Å². The largest absolute Gasteiger partial charge is 0.497 e. The number of ether oxygens (including phenoxy) is 1. The molecular weight excluding hydrogens is 258 g/mol. The van der Waals surface area contributed by atoms with Gasteiger partial charge < -0.3 is 10.1 Å². The van der Waals surface area contributed by atoms with Gasteiger partial charge in [-0.3, -0.25) is 0 Å². The topological polar surface area (TPSA) is 21.3 Å². The third kappa shape index (κ3) is 3.11. The molecule has 2 aromatic rings. The SMILES string of the molecule is CCC(NC1Cc2ccccc2C1)c1ccc(OC)cc1. The van der Waals surface area contributed by atoms with Gasteiger partial charge in [-0.2, -0.15) is 0 Å². The maximum atomic E-state index is 5.24. The first-order chi connectivity index (χ1) is 10.3. The van der Waals surface area contributed by atoms with E-state index in [1.54, 1.807) is 7.11 Å². The average molecular weight is 281 g/mol. The van der Waals surface area contributed by atoms with E-state index in [0.717, 1.165) is 25.0 Å². The number of benzene rings is 2. The lowest BCUT2D eigenvalue weighted by molar-refractivity contribution is 0.412. The van der Waals surface area contributed by atoms with Gasteiger partial charge in [-0.1, -0.05) is 43.3 Å². The van der Waals surface area contributed by atoms with Crippen molar-refractivity contribution in [3.63, 3.8) is 0 Å². The van der Waals surface area contributed by atoms with Crippen molar-refractivity contribution in [2.24, 2.45) is 0 Å². The molecule has 0 saturated heterocycles. The molecule has 21 heavy (non-hydrogen) atoms. The molecule has 0 spiro atoms. The summed E-state index contributed by atoms with van der Waals surface area (Å²) in [6, 6.07) is 18.2. The Labute approximate surface area is 127 Å². The van der Waals surface area contributed by atoms with E-state index in [1.807, 2.05) is 12.1 Å². The van der Waals surface area contributed by atoms with Gasteiger partial charge in [0.2, 0.25) is 0 Å². The van der Waals surface area contributed by atoms with Crippen LogP contribution in [-0.2, 0) is 12.8 Å². The Morgan fingerprint density at radius 2 is 1.67 bits per heavy atom. The smallest absolute Gasteiger partial charge is 0.118 e. The molecule has 0 saturated carbocycles. The second-order valence-electron chi connectivity index (χ2n) is 5.77. The zero-order chi connectivity index (χ0) is 14.7. The predicted octanol–water partition coefficient (Wildman–Crippen LogP) is 3.90. The van der Waals surface area contributed by atoms with Gasteiger partial charge in [0.25, 0.3) is 0 Å². The lowest BCUT2D eigenvalue weighted by Crippen LogP contribution is -2.33. The van der Waals surface area contributed by atoms with Gasteiger partial charge in [0, 0.05) is 12.1 Å². The third-order valence-corrected chi connectivity index (χ3v) is 4.41. The Bertz CT molecular complexity index is 566. The van der Waals surface area contributed by atoms with Gasteiger partial charge >= 0.3 is 0 Å². The maximum Gasteiger partial charge on any atom is 0.118 e. The van der Waals surface area contributed by atoms with Crippen LogP contribution in [0.15, 0.2) is 48.5 Å². The molecule has 2 aromatic carbocycles. The van der Waals surface area contributed by atoms with Crippen LogP contribution in [-0.4, -0.2) is 13.2 Å². The molecule has 3 rings (SSSR count). The van der Waals surface area contributed by atoms with Gasteiger partial charge in [0.1, 0.15) is 5.75 Å². The van der Waals surface area contributed by atoms with Crippen molar-refractivity contribution in [3.05, 3.63) is 65.2 Å². The van der Waals surface area contributed by atoms with Crippen molar-refractivity contribution in [1.82, 2.24) is 5.32 Å². The van der Waals surface area contributed by atoms with Crippen LogP contribution in [0.1, 0.15) is 36.1 Å². The van der Waals surface area contributed by atoms with Crippen molar-refractivity contribution < 1.29 is 4.74 Å². The van der Waals surface area contributed by atoms with Crippen LogP contribution in [0.2, 0.25) is 0 Å². The van der Waals surface area contributed by atoms with E-state index in [1.165, 1.54) is 16.7 Å². The molecule has 0 aromatic heterocycles. The van der Waals surface area contributed by atoms with Crippen LogP contribution in [0.5, 0.6) is 5.75 Å². The summed E-state index contributed by atoms with van der Waals surface area (Å²) in [5.41, 5.74) is 4.34. The lowest BCUT2D eigenvalue weighted by atomic mass is 10.0. The molecule has 0 amide bonds. The van der Waals surface area contributed by atoms with Crippen molar-refractivity contribution >= 4 is 0 Å². The summed E-state index contributed by atoms with van der Waals surface area (Å²) in [6.45, 7) is 2.24. The highest BCUT2D eigenvalue weighted by Crippen LogP contribution is 2.26. The highest BCUT2D eigenvalue weighted by molar-refractivity contribution is 5.34. The van der Waals surface area contributed by atoms with Crippen LogP contribution in [0.25, 0.3) is 0 Å². The minimum absolute atomic E-state index is 0.412. The summed E-state index contributed by atoms with van der Waals surface area (Å²) in [5.74, 6) is 0.918. The van der Waals surface area contributed by atoms with E-state index >= 15 is 0 Å². The van der Waals surface area contributed by atoms with E-state index in [2.05, 4.69) is 48.6 Å². The minimum atomic E-state index is 0.412. The molecular formula is C19H23NO. The zero-order valence-electron chi connectivity index (χ0n) is 12.8. The fraction of sp³-hybridized carbons (Fsp3) is 0.368. The third-order valence-electron chi connectivity index (χ3n) is 4.41. The van der Waals surface area contributed by atoms with Gasteiger partial charge in [-0.15, -0.1) is 0 Å². The summed E-state index contributed by atoms with van der Waals surface area (Å²) in [4.78, 5) is 0. The molecule has 110 valence electrons. The van der Waals surface area contributed by atoms with E-state index < -0.39 is 0 Å². The quantitative estimate of drug-likeness (QED) is 0.897. The van der Waals surface area contributed by atoms with Gasteiger partial charge in [-0.05, 0) is 48.1 Å². The van der Waals surface area contributed by atoms with Crippen LogP contribution < -0.4 is 10.1 Å². The van der Waals surface area contributed by atoms with Gasteiger partial charge in [0.15, 0.2) is 0 Å². The first kappa shape index (κ1) is 14.2. The fourth-order valence-corrected chi connectivity index (χ4v) is 3.25. The van der Waals surface area contributed by atoms with Crippen LogP contribution >= 0.6 is 0 Å². The normalized spacial score (nSPS) is 15.7. The minimum Gasteiger partial charge on any atom is -0.497 e. The van der Waals surface area contributed by atoms with Crippen molar-refractivity contribution in [2.45, 2.75) is 38.3 Å². The second kappa shape index (κ2) is 6.31. The maximum absolute atomic E-state index is 5.24. The monoisotopic (exact) mass is 281 g/mol.